The van der Waals surface area contributed by atoms with Crippen LogP contribution in [0.1, 0.15) is 0 Å². The molecule has 4 rings (SSSR count). The number of rotatable bonds is 0. The molecular formula is C16H10N2O2. The summed E-state index contributed by atoms with van der Waals surface area (Å²) in [4.78, 5) is 8.82. The smallest absolute Gasteiger partial charge is 0.142 e. The number of para-hydroxylation sites is 1. The first kappa shape index (κ1) is 11.0. The first-order valence-electron chi connectivity index (χ1n) is 6.23. The number of aromatic nitrogens is 2. The highest BCUT2D eigenvalue weighted by Gasteiger charge is 2.13. The number of nitrogens with zero attached hydrogens (tertiary/aromatic N) is 2. The molecule has 4 aromatic rings. The Morgan fingerprint density at radius 3 is 2.70 bits per heavy atom. The first-order chi connectivity index (χ1) is 9.79. The molecule has 0 saturated carbocycles. The van der Waals surface area contributed by atoms with E-state index in [0.29, 0.717) is 16.3 Å². The number of aliphatic hydroxyl groups excluding tert-OH is 1. The van der Waals surface area contributed by atoms with E-state index in [1.54, 1.807) is 6.20 Å². The summed E-state index contributed by atoms with van der Waals surface area (Å²) < 4.78 is 0. The zero-order valence-corrected chi connectivity index (χ0v) is 10.4. The van der Waals surface area contributed by atoms with Crippen molar-refractivity contribution >= 4 is 39.0 Å². The van der Waals surface area contributed by atoms with Gasteiger partial charge in [-0.3, -0.25) is 4.98 Å². The molecule has 4 nitrogen and oxygen atoms in total. The molecule has 0 saturated heterocycles. The summed E-state index contributed by atoms with van der Waals surface area (Å²) in [6.45, 7) is 0. The fraction of sp³-hybridized carbons (Fsp3) is 0. The Kier molecular flexibility index (Phi) is 2.09. The van der Waals surface area contributed by atoms with Gasteiger partial charge in [-0.25, -0.2) is 4.98 Å². The van der Waals surface area contributed by atoms with Gasteiger partial charge in [0.15, 0.2) is 0 Å². The number of pyridine rings is 2. The van der Waals surface area contributed by atoms with Crippen LogP contribution >= 0.6 is 0 Å². The van der Waals surface area contributed by atoms with Gasteiger partial charge >= 0.3 is 0 Å². The third-order valence-electron chi connectivity index (χ3n) is 3.56. The van der Waals surface area contributed by atoms with Crippen LogP contribution in [0.25, 0.3) is 39.0 Å². The average Bonchev–Trinajstić information content (AvgIpc) is 2.50. The number of aliphatic hydroxyl groups is 1. The van der Waals surface area contributed by atoms with E-state index in [0.717, 1.165) is 27.9 Å². The predicted molar refractivity (Wildman–Crippen MR) is 78.5 cm³/mol. The van der Waals surface area contributed by atoms with Gasteiger partial charge in [0.25, 0.3) is 0 Å². The van der Waals surface area contributed by atoms with Crippen LogP contribution in [0.2, 0.25) is 0 Å². The molecule has 2 N–H and O–H groups in total. The normalized spacial score (nSPS) is 12.7. The Morgan fingerprint density at radius 2 is 1.85 bits per heavy atom. The molecule has 0 amide bonds. The van der Waals surface area contributed by atoms with E-state index in [2.05, 4.69) is 9.97 Å². The second-order valence-electron chi connectivity index (χ2n) is 4.67. The van der Waals surface area contributed by atoms with Gasteiger partial charge in [-0.05, 0) is 23.6 Å². The lowest BCUT2D eigenvalue weighted by molar-refractivity contribution is 0.479. The molecule has 0 aliphatic rings. The molecule has 96 valence electrons. The number of phenols is 1. The lowest BCUT2D eigenvalue weighted by atomic mass is 10.0. The number of hydrogen-bond acceptors (Lipinski definition) is 4. The largest absolute Gasteiger partial charge is 0.515 e. The maximum atomic E-state index is 10.1. The topological polar surface area (TPSA) is 66.2 Å². The van der Waals surface area contributed by atoms with Gasteiger partial charge in [0.05, 0.1) is 17.3 Å². The monoisotopic (exact) mass is 262 g/mol. The molecule has 0 unspecified atom stereocenters. The highest BCUT2D eigenvalue weighted by atomic mass is 16.3. The quantitative estimate of drug-likeness (QED) is 0.377. The van der Waals surface area contributed by atoms with Crippen LogP contribution in [-0.4, -0.2) is 20.2 Å². The van der Waals surface area contributed by atoms with E-state index in [1.807, 2.05) is 30.3 Å². The minimum absolute atomic E-state index is 0.0421. The van der Waals surface area contributed by atoms with Gasteiger partial charge < -0.3 is 10.2 Å². The van der Waals surface area contributed by atoms with E-state index in [9.17, 15) is 10.2 Å². The van der Waals surface area contributed by atoms with E-state index in [4.69, 9.17) is 0 Å². The molecule has 0 aliphatic heterocycles. The molecule has 20 heavy (non-hydrogen) atoms. The van der Waals surface area contributed by atoms with Crippen LogP contribution in [0.5, 0.6) is 5.75 Å². The maximum Gasteiger partial charge on any atom is 0.142 e. The zero-order valence-electron chi connectivity index (χ0n) is 10.4. The van der Waals surface area contributed by atoms with E-state index >= 15 is 0 Å². The molecule has 0 fully saturated rings. The molecule has 2 heterocycles. The minimum atomic E-state index is 0.0421. The Bertz CT molecular complexity index is 1030. The lowest BCUT2D eigenvalue weighted by Crippen LogP contribution is -2.05. The second-order valence-corrected chi connectivity index (χ2v) is 4.67. The Labute approximate surface area is 113 Å². The Balaban J connectivity index is 2.47. The molecule has 0 aliphatic carbocycles. The number of fused-ring (bicyclic) bond motifs is 2. The van der Waals surface area contributed by atoms with Crippen molar-refractivity contribution in [1.82, 2.24) is 9.97 Å². The van der Waals surface area contributed by atoms with Crippen molar-refractivity contribution in [2.75, 3.05) is 0 Å². The fourth-order valence-corrected chi connectivity index (χ4v) is 2.69. The van der Waals surface area contributed by atoms with Crippen molar-refractivity contribution in [2.24, 2.45) is 0 Å². The summed E-state index contributed by atoms with van der Waals surface area (Å²) in [5, 5.41) is 22.7. The Hall–Kier alpha value is -2.88. The van der Waals surface area contributed by atoms with Crippen molar-refractivity contribution in [1.29, 1.82) is 0 Å². The van der Waals surface area contributed by atoms with Gasteiger partial charge in [0, 0.05) is 22.2 Å². The molecule has 0 radical (unpaired) electrons. The number of aromatic hydroxyl groups is 1. The van der Waals surface area contributed by atoms with Gasteiger partial charge in [-0.2, -0.15) is 0 Å². The van der Waals surface area contributed by atoms with Crippen LogP contribution in [0.15, 0.2) is 42.6 Å². The number of hydrogen-bond donors (Lipinski definition) is 2. The predicted octanol–water partition coefficient (Wildman–Crippen LogP) is 2.66. The molecule has 0 spiro atoms. The molecule has 0 bridgehead atoms. The molecule has 2 aromatic carbocycles. The highest BCUT2D eigenvalue weighted by molar-refractivity contribution is 6.18. The van der Waals surface area contributed by atoms with Crippen LogP contribution in [0, 0.1) is 0 Å². The van der Waals surface area contributed by atoms with Gasteiger partial charge in [-0.1, -0.05) is 18.2 Å². The third kappa shape index (κ3) is 1.30. The van der Waals surface area contributed by atoms with Crippen LogP contribution in [0.4, 0.5) is 0 Å². The van der Waals surface area contributed by atoms with Crippen molar-refractivity contribution < 1.29 is 10.2 Å². The molecule has 0 atom stereocenters. The van der Waals surface area contributed by atoms with Crippen molar-refractivity contribution in [2.45, 2.75) is 0 Å². The van der Waals surface area contributed by atoms with Gasteiger partial charge in [0.1, 0.15) is 11.3 Å². The van der Waals surface area contributed by atoms with Crippen LogP contribution in [0.3, 0.4) is 0 Å². The summed E-state index contributed by atoms with van der Waals surface area (Å²) in [6, 6.07) is 11.2. The zero-order chi connectivity index (χ0) is 13.7. The fourth-order valence-electron chi connectivity index (χ4n) is 2.69. The van der Waals surface area contributed by atoms with Crippen molar-refractivity contribution in [3.8, 4) is 5.75 Å². The number of phenolic OH excluding ortho intramolecular Hbond substituents is 1. The average molecular weight is 262 g/mol. The van der Waals surface area contributed by atoms with Gasteiger partial charge in [0.2, 0.25) is 0 Å². The lowest BCUT2D eigenvalue weighted by Gasteiger charge is -2.09. The summed E-state index contributed by atoms with van der Waals surface area (Å²) in [5.41, 5.74) is 1.99. The second kappa shape index (κ2) is 3.81. The summed E-state index contributed by atoms with van der Waals surface area (Å²) in [5.74, 6) is 0.0421. The van der Waals surface area contributed by atoms with Crippen LogP contribution in [-0.2, 0) is 0 Å². The highest BCUT2D eigenvalue weighted by Crippen LogP contribution is 2.32. The summed E-state index contributed by atoms with van der Waals surface area (Å²) in [7, 11) is 0. The van der Waals surface area contributed by atoms with Crippen molar-refractivity contribution in [3.63, 3.8) is 0 Å². The minimum Gasteiger partial charge on any atom is -0.515 e. The first-order valence-corrected chi connectivity index (χ1v) is 6.23. The standard InChI is InChI=1S/C16H10N2O2/c19-8-9-7-13(20)16-14-11(5-6-17-16)10-3-1-2-4-12(10)18-15(9)14/h1-8,19-20H/b9-8-. The van der Waals surface area contributed by atoms with E-state index in [1.165, 1.54) is 6.07 Å². The summed E-state index contributed by atoms with van der Waals surface area (Å²) in [6.07, 6.45) is 2.63. The molecule has 2 aromatic heterocycles. The van der Waals surface area contributed by atoms with Gasteiger partial charge in [-0.15, -0.1) is 0 Å². The van der Waals surface area contributed by atoms with E-state index < -0.39 is 0 Å². The van der Waals surface area contributed by atoms with E-state index in [-0.39, 0.29) is 5.75 Å². The van der Waals surface area contributed by atoms with Crippen molar-refractivity contribution in [3.05, 3.63) is 47.8 Å². The molecule has 4 heteroatoms. The third-order valence-corrected chi connectivity index (χ3v) is 3.56. The number of benzene rings is 2. The molecular weight excluding hydrogens is 252 g/mol. The maximum absolute atomic E-state index is 10.1. The Morgan fingerprint density at radius 1 is 1.00 bits per heavy atom. The summed E-state index contributed by atoms with van der Waals surface area (Å²) >= 11 is 0. The van der Waals surface area contributed by atoms with Crippen LogP contribution < -0.4 is 5.22 Å². The SMILES string of the molecule is O/C=c1/cc(O)c2nccc3c4ccccc4nc1c23.